The first-order valence-electron chi connectivity index (χ1n) is 9.38. The topological polar surface area (TPSA) is 61.6 Å². The Morgan fingerprint density at radius 1 is 1.04 bits per heavy atom. The maximum absolute atomic E-state index is 11.9. The number of carbonyl (C=O) groups is 1. The van der Waals surface area contributed by atoms with E-state index in [1.807, 2.05) is 4.90 Å². The SMILES string of the molecule is NCCCCC1CCN(c2ccc(N3CCCNC3=O)cc2)CC1. The summed E-state index contributed by atoms with van der Waals surface area (Å²) in [5.74, 6) is 0.865. The summed E-state index contributed by atoms with van der Waals surface area (Å²) in [7, 11) is 0. The third-order valence-electron chi connectivity index (χ3n) is 5.29. The van der Waals surface area contributed by atoms with Crippen LogP contribution in [-0.2, 0) is 0 Å². The van der Waals surface area contributed by atoms with Crippen LogP contribution in [-0.4, -0.2) is 38.8 Å². The standard InChI is InChI=1S/C19H30N4O/c20-11-2-1-4-16-9-14-22(15-10-16)17-5-7-18(8-6-17)23-13-3-12-21-19(23)24/h5-8,16H,1-4,9-15,20H2,(H,21,24). The van der Waals surface area contributed by atoms with Gasteiger partial charge in [-0.3, -0.25) is 4.90 Å². The van der Waals surface area contributed by atoms with Crippen molar-refractivity contribution in [2.75, 3.05) is 42.5 Å². The van der Waals surface area contributed by atoms with Gasteiger partial charge in [-0.1, -0.05) is 12.8 Å². The zero-order valence-corrected chi connectivity index (χ0v) is 14.5. The second kappa shape index (κ2) is 8.38. The van der Waals surface area contributed by atoms with Gasteiger partial charge in [-0.2, -0.15) is 0 Å². The van der Waals surface area contributed by atoms with Gasteiger partial charge in [0.1, 0.15) is 0 Å². The molecule has 1 aromatic rings. The molecule has 0 unspecified atom stereocenters. The first kappa shape index (κ1) is 17.1. The molecule has 0 radical (unpaired) electrons. The molecule has 0 aliphatic carbocycles. The molecule has 2 aliphatic rings. The van der Waals surface area contributed by atoms with E-state index in [9.17, 15) is 4.79 Å². The van der Waals surface area contributed by atoms with Crippen LogP contribution in [0.2, 0.25) is 0 Å². The van der Waals surface area contributed by atoms with Crippen LogP contribution in [0.5, 0.6) is 0 Å². The molecule has 0 saturated carbocycles. The molecule has 24 heavy (non-hydrogen) atoms. The van der Waals surface area contributed by atoms with Gasteiger partial charge in [0.05, 0.1) is 0 Å². The Hall–Kier alpha value is -1.75. The van der Waals surface area contributed by atoms with Gasteiger partial charge in [0, 0.05) is 37.6 Å². The fraction of sp³-hybridized carbons (Fsp3) is 0.632. The summed E-state index contributed by atoms with van der Waals surface area (Å²) in [5, 5.41) is 2.90. The third-order valence-corrected chi connectivity index (χ3v) is 5.29. The Morgan fingerprint density at radius 2 is 1.75 bits per heavy atom. The maximum atomic E-state index is 11.9. The number of piperidine rings is 1. The number of nitrogens with zero attached hydrogens (tertiary/aromatic N) is 2. The van der Waals surface area contributed by atoms with Crippen molar-refractivity contribution in [2.45, 2.75) is 38.5 Å². The summed E-state index contributed by atoms with van der Waals surface area (Å²) >= 11 is 0. The largest absolute Gasteiger partial charge is 0.372 e. The lowest BCUT2D eigenvalue weighted by Gasteiger charge is -2.34. The number of carbonyl (C=O) groups excluding carboxylic acids is 1. The fourth-order valence-corrected chi connectivity index (χ4v) is 3.78. The van der Waals surface area contributed by atoms with Gasteiger partial charge < -0.3 is 16.0 Å². The maximum Gasteiger partial charge on any atom is 0.321 e. The molecule has 3 N–H and O–H groups in total. The molecule has 0 bridgehead atoms. The van der Waals surface area contributed by atoms with Crippen molar-refractivity contribution in [3.05, 3.63) is 24.3 Å². The van der Waals surface area contributed by atoms with E-state index in [0.29, 0.717) is 0 Å². The highest BCUT2D eigenvalue weighted by molar-refractivity contribution is 5.92. The lowest BCUT2D eigenvalue weighted by atomic mass is 9.91. The number of unbranched alkanes of at least 4 members (excludes halogenated alkanes) is 1. The average molecular weight is 330 g/mol. The molecule has 0 spiro atoms. The minimum Gasteiger partial charge on any atom is -0.372 e. The molecule has 2 saturated heterocycles. The molecule has 1 aromatic carbocycles. The average Bonchev–Trinajstić information content (AvgIpc) is 2.63. The first-order chi connectivity index (χ1) is 11.8. The summed E-state index contributed by atoms with van der Waals surface area (Å²) in [6, 6.07) is 8.49. The molecular formula is C19H30N4O. The van der Waals surface area contributed by atoms with Crippen LogP contribution in [0.3, 0.4) is 0 Å². The predicted octanol–water partition coefficient (Wildman–Crippen LogP) is 2.95. The quantitative estimate of drug-likeness (QED) is 0.788. The lowest BCUT2D eigenvalue weighted by molar-refractivity contribution is 0.243. The number of amides is 2. The second-order valence-electron chi connectivity index (χ2n) is 6.97. The van der Waals surface area contributed by atoms with E-state index < -0.39 is 0 Å². The zero-order valence-electron chi connectivity index (χ0n) is 14.5. The Kier molecular flexibility index (Phi) is 5.96. The number of hydrogen-bond donors (Lipinski definition) is 2. The Balaban J connectivity index is 1.52. The second-order valence-corrected chi connectivity index (χ2v) is 6.97. The minimum atomic E-state index is 0.0206. The van der Waals surface area contributed by atoms with Crippen molar-refractivity contribution in [2.24, 2.45) is 11.7 Å². The van der Waals surface area contributed by atoms with E-state index in [1.54, 1.807) is 0 Å². The van der Waals surface area contributed by atoms with Crippen molar-refractivity contribution in [3.63, 3.8) is 0 Å². The molecule has 0 aromatic heterocycles. The Bertz CT molecular complexity index is 523. The van der Waals surface area contributed by atoms with Crippen molar-refractivity contribution in [3.8, 4) is 0 Å². The minimum absolute atomic E-state index is 0.0206. The number of rotatable bonds is 6. The summed E-state index contributed by atoms with van der Waals surface area (Å²) < 4.78 is 0. The van der Waals surface area contributed by atoms with Gasteiger partial charge in [-0.15, -0.1) is 0 Å². The van der Waals surface area contributed by atoms with Crippen molar-refractivity contribution < 1.29 is 4.79 Å². The van der Waals surface area contributed by atoms with E-state index in [-0.39, 0.29) is 6.03 Å². The van der Waals surface area contributed by atoms with Crippen molar-refractivity contribution >= 4 is 17.4 Å². The van der Waals surface area contributed by atoms with E-state index in [4.69, 9.17) is 5.73 Å². The number of hydrogen-bond acceptors (Lipinski definition) is 3. The van der Waals surface area contributed by atoms with Crippen molar-refractivity contribution in [1.82, 2.24) is 5.32 Å². The number of nitrogens with two attached hydrogens (primary N) is 1. The normalized spacial score (nSPS) is 19.5. The highest BCUT2D eigenvalue weighted by atomic mass is 16.2. The Morgan fingerprint density at radius 3 is 2.42 bits per heavy atom. The number of nitrogens with one attached hydrogen (secondary N) is 1. The van der Waals surface area contributed by atoms with Crippen LogP contribution in [0.1, 0.15) is 38.5 Å². The van der Waals surface area contributed by atoms with E-state index >= 15 is 0 Å². The molecule has 2 heterocycles. The molecule has 3 rings (SSSR count). The highest BCUT2D eigenvalue weighted by Gasteiger charge is 2.21. The van der Waals surface area contributed by atoms with E-state index in [2.05, 4.69) is 34.5 Å². The zero-order chi connectivity index (χ0) is 16.8. The van der Waals surface area contributed by atoms with Crippen molar-refractivity contribution in [1.29, 1.82) is 0 Å². The Labute approximate surface area is 145 Å². The van der Waals surface area contributed by atoms with Gasteiger partial charge >= 0.3 is 6.03 Å². The predicted molar refractivity (Wildman–Crippen MR) is 99.6 cm³/mol. The van der Waals surface area contributed by atoms with Crippen LogP contribution < -0.4 is 20.9 Å². The van der Waals surface area contributed by atoms with Crippen LogP contribution in [0, 0.1) is 5.92 Å². The summed E-state index contributed by atoms with van der Waals surface area (Å²) in [6.07, 6.45) is 7.32. The molecule has 2 amide bonds. The van der Waals surface area contributed by atoms with E-state index in [0.717, 1.165) is 57.2 Å². The first-order valence-corrected chi connectivity index (χ1v) is 9.38. The summed E-state index contributed by atoms with van der Waals surface area (Å²) in [6.45, 7) is 4.68. The lowest BCUT2D eigenvalue weighted by Crippen LogP contribution is -2.46. The van der Waals surface area contributed by atoms with Gasteiger partial charge in [0.15, 0.2) is 0 Å². The van der Waals surface area contributed by atoms with Gasteiger partial charge in [0.2, 0.25) is 0 Å². The molecule has 2 aliphatic heterocycles. The number of anilines is 2. The van der Waals surface area contributed by atoms with Crippen LogP contribution >= 0.6 is 0 Å². The highest BCUT2D eigenvalue weighted by Crippen LogP contribution is 2.28. The molecule has 132 valence electrons. The number of urea groups is 1. The van der Waals surface area contributed by atoms with Gasteiger partial charge in [-0.25, -0.2) is 4.79 Å². The van der Waals surface area contributed by atoms with Gasteiger partial charge in [-0.05, 0) is 62.4 Å². The molecular weight excluding hydrogens is 300 g/mol. The van der Waals surface area contributed by atoms with Crippen LogP contribution in [0.15, 0.2) is 24.3 Å². The molecule has 2 fully saturated rings. The molecule has 5 heteroatoms. The van der Waals surface area contributed by atoms with E-state index in [1.165, 1.54) is 31.4 Å². The molecule has 0 atom stereocenters. The fourth-order valence-electron chi connectivity index (χ4n) is 3.78. The smallest absolute Gasteiger partial charge is 0.321 e. The monoisotopic (exact) mass is 330 g/mol. The number of benzene rings is 1. The van der Waals surface area contributed by atoms with Gasteiger partial charge in [0.25, 0.3) is 0 Å². The third kappa shape index (κ3) is 4.20. The molecule has 5 nitrogen and oxygen atoms in total. The van der Waals surface area contributed by atoms with Crippen LogP contribution in [0.25, 0.3) is 0 Å². The summed E-state index contributed by atoms with van der Waals surface area (Å²) in [4.78, 5) is 16.2. The summed E-state index contributed by atoms with van der Waals surface area (Å²) in [5.41, 5.74) is 7.85. The van der Waals surface area contributed by atoms with Crippen LogP contribution in [0.4, 0.5) is 16.2 Å².